The number of hydrogen-bond donors (Lipinski definition) is 1. The molecule has 1 rings (SSSR count). The standard InChI is InChI=1S/C13H18BrNO/c1-9-4-5-10(2)12(6-9)7-13(16)15-11(3)8-14/h4-6,11H,7-8H2,1-3H3,(H,15,16). The molecule has 0 radical (unpaired) electrons. The lowest BCUT2D eigenvalue weighted by Crippen LogP contribution is -2.34. The second kappa shape index (κ2) is 6.04. The summed E-state index contributed by atoms with van der Waals surface area (Å²) < 4.78 is 0. The Bertz CT molecular complexity index is 376. The third kappa shape index (κ3) is 3.97. The predicted molar refractivity (Wildman–Crippen MR) is 71.0 cm³/mol. The lowest BCUT2D eigenvalue weighted by molar-refractivity contribution is -0.120. The van der Waals surface area contributed by atoms with Gasteiger partial charge in [-0.25, -0.2) is 0 Å². The van der Waals surface area contributed by atoms with Crippen LogP contribution in [0.5, 0.6) is 0 Å². The molecule has 0 heterocycles. The molecule has 0 bridgehead atoms. The quantitative estimate of drug-likeness (QED) is 0.846. The van der Waals surface area contributed by atoms with Crippen molar-refractivity contribution in [3.8, 4) is 0 Å². The second-order valence-corrected chi connectivity index (χ2v) is 4.88. The van der Waals surface area contributed by atoms with Crippen LogP contribution in [-0.4, -0.2) is 17.3 Å². The molecule has 3 heteroatoms. The fraction of sp³-hybridized carbons (Fsp3) is 0.462. The van der Waals surface area contributed by atoms with Gasteiger partial charge in [-0.1, -0.05) is 39.7 Å². The highest BCUT2D eigenvalue weighted by atomic mass is 79.9. The Labute approximate surface area is 106 Å². The van der Waals surface area contributed by atoms with Crippen LogP contribution >= 0.6 is 15.9 Å². The summed E-state index contributed by atoms with van der Waals surface area (Å²) in [6.07, 6.45) is 0.463. The van der Waals surface area contributed by atoms with Gasteiger partial charge in [0, 0.05) is 11.4 Å². The van der Waals surface area contributed by atoms with Crippen LogP contribution < -0.4 is 5.32 Å². The highest BCUT2D eigenvalue weighted by molar-refractivity contribution is 9.09. The van der Waals surface area contributed by atoms with E-state index in [1.165, 1.54) is 11.1 Å². The van der Waals surface area contributed by atoms with Crippen LogP contribution in [0.25, 0.3) is 0 Å². The van der Waals surface area contributed by atoms with Crippen molar-refractivity contribution >= 4 is 21.8 Å². The number of nitrogens with one attached hydrogen (secondary N) is 1. The smallest absolute Gasteiger partial charge is 0.224 e. The van der Waals surface area contributed by atoms with E-state index < -0.39 is 0 Å². The summed E-state index contributed by atoms with van der Waals surface area (Å²) in [4.78, 5) is 11.7. The molecule has 0 saturated carbocycles. The molecule has 0 saturated heterocycles. The van der Waals surface area contributed by atoms with Crippen molar-refractivity contribution in [1.82, 2.24) is 5.32 Å². The normalized spacial score (nSPS) is 12.2. The van der Waals surface area contributed by atoms with Crippen molar-refractivity contribution in [2.24, 2.45) is 0 Å². The lowest BCUT2D eigenvalue weighted by atomic mass is 10.0. The maximum Gasteiger partial charge on any atom is 0.224 e. The fourth-order valence-corrected chi connectivity index (χ4v) is 1.69. The first-order valence-corrected chi connectivity index (χ1v) is 6.56. The molecule has 0 spiro atoms. The Morgan fingerprint density at radius 1 is 1.44 bits per heavy atom. The van der Waals surface area contributed by atoms with Gasteiger partial charge in [0.1, 0.15) is 0 Å². The van der Waals surface area contributed by atoms with E-state index in [4.69, 9.17) is 0 Å². The van der Waals surface area contributed by atoms with E-state index in [0.29, 0.717) is 6.42 Å². The molecule has 2 nitrogen and oxygen atoms in total. The summed E-state index contributed by atoms with van der Waals surface area (Å²) in [7, 11) is 0. The van der Waals surface area contributed by atoms with Crippen molar-refractivity contribution in [3.63, 3.8) is 0 Å². The molecular formula is C13H18BrNO. The lowest BCUT2D eigenvalue weighted by Gasteiger charge is -2.12. The van der Waals surface area contributed by atoms with Crippen molar-refractivity contribution in [3.05, 3.63) is 34.9 Å². The minimum atomic E-state index is 0.0839. The number of amides is 1. The third-order valence-electron chi connectivity index (χ3n) is 2.49. The van der Waals surface area contributed by atoms with Gasteiger partial charge in [-0.3, -0.25) is 4.79 Å². The van der Waals surface area contributed by atoms with Gasteiger partial charge >= 0.3 is 0 Å². The summed E-state index contributed by atoms with van der Waals surface area (Å²) in [6.45, 7) is 6.06. The molecule has 1 amide bonds. The monoisotopic (exact) mass is 283 g/mol. The average Bonchev–Trinajstić information content (AvgIpc) is 2.23. The first kappa shape index (κ1) is 13.2. The highest BCUT2D eigenvalue weighted by Crippen LogP contribution is 2.11. The first-order chi connectivity index (χ1) is 7.52. The molecule has 0 aliphatic rings. The van der Waals surface area contributed by atoms with E-state index in [1.54, 1.807) is 0 Å². The minimum Gasteiger partial charge on any atom is -0.353 e. The number of rotatable bonds is 4. The number of carbonyl (C=O) groups excluding carboxylic acids is 1. The molecule has 88 valence electrons. The van der Waals surface area contributed by atoms with Crippen molar-refractivity contribution in [2.45, 2.75) is 33.2 Å². The molecule has 0 aliphatic carbocycles. The van der Waals surface area contributed by atoms with E-state index >= 15 is 0 Å². The fourth-order valence-electron chi connectivity index (χ4n) is 1.53. The van der Waals surface area contributed by atoms with Crippen LogP contribution in [-0.2, 0) is 11.2 Å². The van der Waals surface area contributed by atoms with E-state index in [0.717, 1.165) is 10.9 Å². The van der Waals surface area contributed by atoms with Crippen molar-refractivity contribution < 1.29 is 4.79 Å². The first-order valence-electron chi connectivity index (χ1n) is 5.44. The topological polar surface area (TPSA) is 29.1 Å². The highest BCUT2D eigenvalue weighted by Gasteiger charge is 2.08. The van der Waals surface area contributed by atoms with E-state index in [2.05, 4.69) is 39.4 Å². The molecule has 0 fully saturated rings. The van der Waals surface area contributed by atoms with Crippen LogP contribution in [0.4, 0.5) is 0 Å². The second-order valence-electron chi connectivity index (χ2n) is 4.23. The number of halogens is 1. The van der Waals surface area contributed by atoms with E-state index in [9.17, 15) is 4.79 Å². The molecule has 1 aromatic carbocycles. The van der Waals surface area contributed by atoms with Crippen LogP contribution in [0.3, 0.4) is 0 Å². The van der Waals surface area contributed by atoms with Gasteiger partial charge in [0.05, 0.1) is 6.42 Å². The summed E-state index contributed by atoms with van der Waals surface area (Å²) in [6, 6.07) is 6.38. The van der Waals surface area contributed by atoms with Crippen molar-refractivity contribution in [1.29, 1.82) is 0 Å². The number of aryl methyl sites for hydroxylation is 2. The van der Waals surface area contributed by atoms with Gasteiger partial charge in [0.25, 0.3) is 0 Å². The zero-order valence-corrected chi connectivity index (χ0v) is 11.6. The zero-order valence-electron chi connectivity index (χ0n) is 10.0. The molecule has 1 atom stereocenters. The van der Waals surface area contributed by atoms with Crippen LogP contribution in [0.15, 0.2) is 18.2 Å². The van der Waals surface area contributed by atoms with Crippen LogP contribution in [0.2, 0.25) is 0 Å². The number of benzene rings is 1. The van der Waals surface area contributed by atoms with Gasteiger partial charge < -0.3 is 5.32 Å². The number of hydrogen-bond acceptors (Lipinski definition) is 1. The van der Waals surface area contributed by atoms with Crippen LogP contribution in [0.1, 0.15) is 23.6 Å². The molecule has 0 aromatic heterocycles. The summed E-state index contributed by atoms with van der Waals surface area (Å²) in [5.74, 6) is 0.0839. The van der Waals surface area contributed by atoms with Gasteiger partial charge in [-0.05, 0) is 31.9 Å². The van der Waals surface area contributed by atoms with Crippen molar-refractivity contribution in [2.75, 3.05) is 5.33 Å². The summed E-state index contributed by atoms with van der Waals surface area (Å²) in [5, 5.41) is 3.72. The molecule has 16 heavy (non-hydrogen) atoms. The molecular weight excluding hydrogens is 266 g/mol. The molecule has 1 unspecified atom stereocenters. The largest absolute Gasteiger partial charge is 0.353 e. The summed E-state index contributed by atoms with van der Waals surface area (Å²) >= 11 is 3.34. The minimum absolute atomic E-state index is 0.0839. The van der Waals surface area contributed by atoms with E-state index in [1.807, 2.05) is 20.8 Å². The molecule has 1 N–H and O–H groups in total. The Morgan fingerprint density at radius 2 is 2.12 bits per heavy atom. The summed E-state index contributed by atoms with van der Waals surface area (Å²) in [5.41, 5.74) is 3.48. The third-order valence-corrected chi connectivity index (χ3v) is 3.47. The number of alkyl halides is 1. The van der Waals surface area contributed by atoms with Gasteiger partial charge in [-0.15, -0.1) is 0 Å². The van der Waals surface area contributed by atoms with Gasteiger partial charge in [-0.2, -0.15) is 0 Å². The van der Waals surface area contributed by atoms with Crippen LogP contribution in [0, 0.1) is 13.8 Å². The Balaban J connectivity index is 2.65. The Kier molecular flexibility index (Phi) is 5.00. The Morgan fingerprint density at radius 3 is 2.75 bits per heavy atom. The van der Waals surface area contributed by atoms with Gasteiger partial charge in [0.2, 0.25) is 5.91 Å². The number of carbonyl (C=O) groups is 1. The molecule has 1 aromatic rings. The van der Waals surface area contributed by atoms with E-state index in [-0.39, 0.29) is 11.9 Å². The maximum absolute atomic E-state index is 11.7. The molecule has 0 aliphatic heterocycles. The Hall–Kier alpha value is -0.830. The SMILES string of the molecule is Cc1ccc(C)c(CC(=O)NC(C)CBr)c1. The average molecular weight is 284 g/mol. The zero-order chi connectivity index (χ0) is 12.1. The predicted octanol–water partition coefficient (Wildman–Crippen LogP) is 2.75. The van der Waals surface area contributed by atoms with Gasteiger partial charge in [0.15, 0.2) is 0 Å². The maximum atomic E-state index is 11.7.